The number of carbonyl (C=O) groups is 3. The molecule has 0 aromatic rings. The van der Waals surface area contributed by atoms with Gasteiger partial charge >= 0.3 is 17.9 Å². The molecule has 0 aromatic carbocycles. The zero-order chi connectivity index (χ0) is 70.6. The molecule has 6 saturated heterocycles. The van der Waals surface area contributed by atoms with Gasteiger partial charge in [-0.1, -0.05) is 45.4 Å². The van der Waals surface area contributed by atoms with Crippen LogP contribution in [0, 0.1) is 11.8 Å². The lowest BCUT2D eigenvalue weighted by molar-refractivity contribution is -0.402. The predicted octanol–water partition coefficient (Wildman–Crippen LogP) is -5.01. The minimum atomic E-state index is -2.16. The van der Waals surface area contributed by atoms with Crippen LogP contribution < -0.4 is 0 Å². The highest BCUT2D eigenvalue weighted by atomic mass is 16.8. The van der Waals surface area contributed by atoms with E-state index >= 15 is 0 Å². The maximum Gasteiger partial charge on any atom is 0.312 e. The Morgan fingerprint density at radius 2 is 0.905 bits per heavy atom. The summed E-state index contributed by atoms with van der Waals surface area (Å²) in [7, 11) is 1.24. The third kappa shape index (κ3) is 20.7. The van der Waals surface area contributed by atoms with Gasteiger partial charge in [0.1, 0.15) is 122 Å². The Morgan fingerprint density at radius 1 is 0.442 bits per heavy atom. The largest absolute Gasteiger partial charge is 0.469 e. The van der Waals surface area contributed by atoms with Gasteiger partial charge in [0.2, 0.25) is 0 Å². The summed E-state index contributed by atoms with van der Waals surface area (Å²) >= 11 is 0. The van der Waals surface area contributed by atoms with Crippen LogP contribution in [-0.4, -0.2) is 329 Å². The van der Waals surface area contributed by atoms with Crippen molar-refractivity contribution in [2.45, 2.75) is 335 Å². The maximum absolute atomic E-state index is 13.8. The van der Waals surface area contributed by atoms with Gasteiger partial charge in [0, 0.05) is 0 Å². The van der Waals surface area contributed by atoms with Gasteiger partial charge in [0.15, 0.2) is 43.8 Å². The molecule has 0 aliphatic carbocycles. The summed E-state index contributed by atoms with van der Waals surface area (Å²) in [6, 6.07) is 0. The molecule has 0 radical (unpaired) electrons. The number of esters is 3. The maximum atomic E-state index is 13.8. The summed E-state index contributed by atoms with van der Waals surface area (Å²) in [4.78, 5) is 38.0. The van der Waals surface area contributed by atoms with Crippen molar-refractivity contribution < 1.29 is 167 Å². The third-order valence-corrected chi connectivity index (χ3v) is 18.6. The van der Waals surface area contributed by atoms with Gasteiger partial charge in [-0.25, -0.2) is 0 Å². The van der Waals surface area contributed by atoms with Gasteiger partial charge in [0.25, 0.3) is 0 Å². The van der Waals surface area contributed by atoms with E-state index in [1.54, 1.807) is 0 Å². The van der Waals surface area contributed by atoms with Crippen molar-refractivity contribution >= 4 is 17.9 Å². The highest BCUT2D eigenvalue weighted by Gasteiger charge is 2.58. The molecule has 0 spiro atoms. The number of ether oxygens (including phenoxy) is 15. The second kappa shape index (κ2) is 37.3. The quantitative estimate of drug-likeness (QED) is 0.0170. The first-order valence-corrected chi connectivity index (χ1v) is 32.9. The minimum absolute atomic E-state index is 0.117. The second-order valence-corrected chi connectivity index (χ2v) is 25.9. The molecule has 554 valence electrons. The van der Waals surface area contributed by atoms with Crippen molar-refractivity contribution in [1.29, 1.82) is 0 Å². The lowest BCUT2D eigenvalue weighted by Crippen LogP contribution is -2.68. The molecule has 16 N–H and O–H groups in total. The molecule has 6 aliphatic heterocycles. The van der Waals surface area contributed by atoms with Crippen molar-refractivity contribution in [3.63, 3.8) is 0 Å². The fourth-order valence-corrected chi connectivity index (χ4v) is 11.9. The highest BCUT2D eigenvalue weighted by molar-refractivity contribution is 5.75. The van der Waals surface area contributed by atoms with Crippen molar-refractivity contribution in [2.75, 3.05) is 20.3 Å². The van der Waals surface area contributed by atoms with E-state index in [1.807, 2.05) is 6.92 Å². The molecule has 95 heavy (non-hydrogen) atoms. The Bertz CT molecular complexity index is 2300. The third-order valence-electron chi connectivity index (χ3n) is 18.6. The minimum Gasteiger partial charge on any atom is -0.469 e. The van der Waals surface area contributed by atoms with E-state index in [-0.39, 0.29) is 6.42 Å². The SMILES string of the molecule is CCC[C@@H](CCCCCCC[C@H](O)CC(=O)OC)O[C@@H]1O[C@H](CO[C@@H]2O[C@@H](C)[C@H](O)[C@@H](O)[C@H]2O)[C@@H](O)[C@H](O)[C@H]1O[C@@H]1O[C@H](CO)[C@@H](O)[C@H](O)[C@H]1O[C@@H]1O[C@@H](C)[C@H](O[C@@H]2O[C@H](C)[C@@H](OC(=O)[C@H](C)[C@@H](C)OC(=O)[C@H](C)[C@@H](C)O)[C@H](O[C@@H]3O[C@@H](C)[C@H](O)[C@@H](O)[C@H]3O)[C@H]2O)[C@@H](O)[C@H]1O. The number of aliphatic hydroxyl groups is 16. The Labute approximate surface area is 550 Å². The summed E-state index contributed by atoms with van der Waals surface area (Å²) < 4.78 is 88.4. The molecule has 0 amide bonds. The Hall–Kier alpha value is -2.71. The van der Waals surface area contributed by atoms with Gasteiger partial charge in [0.05, 0.1) is 81.3 Å². The van der Waals surface area contributed by atoms with Crippen LogP contribution >= 0.6 is 0 Å². The monoisotopic (exact) mass is 1380 g/mol. The van der Waals surface area contributed by atoms with E-state index in [1.165, 1.54) is 62.5 Å². The normalized spacial score (nSPS) is 43.0. The fraction of sp³-hybridized carbons (Fsp3) is 0.951. The van der Waals surface area contributed by atoms with Crippen LogP contribution in [0.25, 0.3) is 0 Å². The topological polar surface area (TPSA) is 513 Å². The molecule has 34 nitrogen and oxygen atoms in total. The summed E-state index contributed by atoms with van der Waals surface area (Å²) in [6.45, 7) is 11.4. The molecule has 0 unspecified atom stereocenters. The molecule has 6 heterocycles. The van der Waals surface area contributed by atoms with Crippen LogP contribution in [0.3, 0.4) is 0 Å². The summed E-state index contributed by atoms with van der Waals surface area (Å²) in [5.74, 6) is -4.46. The molecule has 0 bridgehead atoms. The Morgan fingerprint density at radius 3 is 1.48 bits per heavy atom. The van der Waals surface area contributed by atoms with E-state index in [0.29, 0.717) is 38.5 Å². The first-order chi connectivity index (χ1) is 44.8. The van der Waals surface area contributed by atoms with Crippen LogP contribution in [0.15, 0.2) is 0 Å². The molecule has 6 rings (SSSR count). The molecule has 6 fully saturated rings. The highest BCUT2D eigenvalue weighted by Crippen LogP contribution is 2.38. The van der Waals surface area contributed by atoms with Crippen LogP contribution in [0.5, 0.6) is 0 Å². The average molecular weight is 1380 g/mol. The van der Waals surface area contributed by atoms with Crippen molar-refractivity contribution in [2.24, 2.45) is 11.8 Å². The van der Waals surface area contributed by atoms with E-state index < -0.39 is 252 Å². The smallest absolute Gasteiger partial charge is 0.312 e. The zero-order valence-corrected chi connectivity index (χ0v) is 55.3. The zero-order valence-electron chi connectivity index (χ0n) is 55.3. The summed E-state index contributed by atoms with van der Waals surface area (Å²) in [5, 5.41) is 176. The number of rotatable bonds is 32. The van der Waals surface area contributed by atoms with Crippen molar-refractivity contribution in [3.05, 3.63) is 0 Å². The second-order valence-electron chi connectivity index (χ2n) is 25.9. The van der Waals surface area contributed by atoms with Crippen molar-refractivity contribution in [1.82, 2.24) is 0 Å². The number of methoxy groups -OCH3 is 1. The molecule has 0 saturated carbocycles. The number of unbranched alkanes of at least 4 members (excludes halogenated alkanes) is 4. The Balaban J connectivity index is 1.20. The average Bonchev–Trinajstić information content (AvgIpc) is 0.778. The molecule has 6 aliphatic rings. The molecular formula is C61H106O34. The fourth-order valence-electron chi connectivity index (χ4n) is 11.9. The van der Waals surface area contributed by atoms with Gasteiger partial charge in [-0.2, -0.15) is 0 Å². The summed E-state index contributed by atoms with van der Waals surface area (Å²) in [6.07, 6.45) is -50.5. The molecule has 0 aromatic heterocycles. The van der Waals surface area contributed by atoms with E-state index in [0.717, 1.165) is 19.3 Å². The first-order valence-electron chi connectivity index (χ1n) is 32.9. The predicted molar refractivity (Wildman–Crippen MR) is 315 cm³/mol. The van der Waals surface area contributed by atoms with E-state index in [9.17, 15) is 96.1 Å². The van der Waals surface area contributed by atoms with E-state index in [4.69, 9.17) is 66.3 Å². The lowest BCUT2D eigenvalue weighted by atomic mass is 9.95. The van der Waals surface area contributed by atoms with Gasteiger partial charge in [-0.3, -0.25) is 14.4 Å². The van der Waals surface area contributed by atoms with Crippen LogP contribution in [0.2, 0.25) is 0 Å². The molecular weight excluding hydrogens is 1280 g/mol. The standard InChI is InChI=1S/C61H106O34/c1-11-17-32(19-16-14-12-13-15-18-31(64)20-35(65)81-10)88-60-52(43(73)39(69)34(90-60)22-82-56-45(75)40(70)36(66)27(6)84-56)95-61-53(42(72)38(68)33(21-62)89-61)94-58-47(77)44(74)49(29(8)86-58)92-59-48(78)51(93-57-46(76)41(71)37(67)28(7)85-57)50(30(9)87-59)91-55(80)24(3)26(5)83-54(79)23(2)25(4)63/h23-34,36-53,56-64,66-78H,11-22H2,1-10H3/t23-,24-,25-,26-,27+,28+,29+,30-,31+,32+,33-,34-,36+,37+,38-,39-,40-,41-,42+,43+,44+,45-,46-,47-,48-,49+,50-,51-,52-,53-,56-,57+,58+,59+,60-,61+/m1/s1. The van der Waals surface area contributed by atoms with Crippen LogP contribution in [0.1, 0.15) is 127 Å². The lowest BCUT2D eigenvalue weighted by Gasteiger charge is -2.50. The summed E-state index contributed by atoms with van der Waals surface area (Å²) in [5.41, 5.74) is 0. The Kier molecular flexibility index (Phi) is 31.9. The van der Waals surface area contributed by atoms with Crippen LogP contribution in [-0.2, 0) is 85.4 Å². The number of aliphatic hydroxyl groups excluding tert-OH is 16. The van der Waals surface area contributed by atoms with Gasteiger partial charge in [-0.15, -0.1) is 0 Å². The number of hydrogen-bond donors (Lipinski definition) is 16. The van der Waals surface area contributed by atoms with Gasteiger partial charge in [-0.05, 0) is 74.7 Å². The van der Waals surface area contributed by atoms with Crippen molar-refractivity contribution in [3.8, 4) is 0 Å². The first kappa shape index (κ1) is 81.3. The van der Waals surface area contributed by atoms with Crippen LogP contribution in [0.4, 0.5) is 0 Å². The molecule has 36 atom stereocenters. The van der Waals surface area contributed by atoms with E-state index in [2.05, 4.69) is 4.74 Å². The number of carbonyl (C=O) groups excluding carboxylic acids is 3. The van der Waals surface area contributed by atoms with Gasteiger partial charge < -0.3 is 153 Å². The number of hydrogen-bond acceptors (Lipinski definition) is 34. The molecule has 34 heteroatoms.